The van der Waals surface area contributed by atoms with Crippen molar-refractivity contribution in [2.45, 2.75) is 44.8 Å². The van der Waals surface area contributed by atoms with Crippen LogP contribution in [0.3, 0.4) is 0 Å². The molecule has 2 aromatic rings. The molecule has 1 aromatic carbocycles. The van der Waals surface area contributed by atoms with Crippen molar-refractivity contribution in [3.8, 4) is 0 Å². The van der Waals surface area contributed by atoms with Gasteiger partial charge >= 0.3 is 0 Å². The monoisotopic (exact) mass is 404 g/mol. The molecule has 0 spiro atoms. The molecule has 0 bridgehead atoms. The Morgan fingerprint density at radius 3 is 2.60 bits per heavy atom. The van der Waals surface area contributed by atoms with E-state index in [1.165, 1.54) is 24.0 Å². The molecule has 30 heavy (non-hydrogen) atoms. The topological polar surface area (TPSA) is 39.7 Å². The Morgan fingerprint density at radius 1 is 1.03 bits per heavy atom. The van der Waals surface area contributed by atoms with Crippen molar-refractivity contribution in [2.24, 2.45) is 5.92 Å². The molecule has 3 aliphatic rings. The third kappa shape index (κ3) is 3.77. The average Bonchev–Trinajstić information content (AvgIpc) is 3.39. The van der Waals surface area contributed by atoms with Gasteiger partial charge in [0.2, 0.25) is 5.91 Å². The van der Waals surface area contributed by atoms with Crippen LogP contribution in [-0.2, 0) is 11.3 Å². The summed E-state index contributed by atoms with van der Waals surface area (Å²) in [5, 5.41) is 0. The highest BCUT2D eigenvalue weighted by Gasteiger charge is 2.48. The number of nitrogens with zero attached hydrogens (tertiary/aromatic N) is 4. The van der Waals surface area contributed by atoms with Crippen molar-refractivity contribution in [3.63, 3.8) is 0 Å². The van der Waals surface area contributed by atoms with Crippen LogP contribution in [0.25, 0.3) is 0 Å². The number of aryl methyl sites for hydroxylation is 1. The predicted molar refractivity (Wildman–Crippen MR) is 118 cm³/mol. The Kier molecular flexibility index (Phi) is 5.57. The van der Waals surface area contributed by atoms with Gasteiger partial charge in [-0.05, 0) is 49.9 Å². The normalized spacial score (nSPS) is 27.4. The second kappa shape index (κ2) is 8.48. The quantitative estimate of drug-likeness (QED) is 0.784. The van der Waals surface area contributed by atoms with Crippen LogP contribution in [-0.4, -0.2) is 64.4 Å². The van der Waals surface area contributed by atoms with Crippen molar-refractivity contribution in [1.29, 1.82) is 0 Å². The molecular formula is C25H32N4O. The predicted octanol–water partition coefficient (Wildman–Crippen LogP) is 3.26. The summed E-state index contributed by atoms with van der Waals surface area (Å²) in [6.45, 7) is 7.68. The average molecular weight is 405 g/mol. The molecule has 0 unspecified atom stereocenters. The van der Waals surface area contributed by atoms with E-state index < -0.39 is 0 Å². The highest BCUT2D eigenvalue weighted by molar-refractivity contribution is 5.80. The molecular weight excluding hydrogens is 372 g/mol. The Bertz CT molecular complexity index is 878. The summed E-state index contributed by atoms with van der Waals surface area (Å²) in [7, 11) is 0. The van der Waals surface area contributed by atoms with E-state index in [0.717, 1.165) is 51.4 Å². The minimum atomic E-state index is 0.155. The molecule has 4 heterocycles. The molecule has 0 aliphatic carbocycles. The highest BCUT2D eigenvalue weighted by Crippen LogP contribution is 2.45. The fourth-order valence-electron chi connectivity index (χ4n) is 5.69. The Morgan fingerprint density at radius 2 is 1.83 bits per heavy atom. The molecule has 158 valence electrons. The number of rotatable bonds is 4. The number of fused-ring (bicyclic) bond motifs is 1. The maximum absolute atomic E-state index is 13.5. The first-order valence-corrected chi connectivity index (χ1v) is 11.4. The van der Waals surface area contributed by atoms with Gasteiger partial charge in [0.05, 0.1) is 11.6 Å². The first-order valence-electron chi connectivity index (χ1n) is 11.4. The van der Waals surface area contributed by atoms with E-state index in [4.69, 9.17) is 0 Å². The Labute approximate surface area is 179 Å². The number of hydrogen-bond donors (Lipinski definition) is 0. The van der Waals surface area contributed by atoms with Crippen LogP contribution in [0.5, 0.6) is 0 Å². The first kappa shape index (κ1) is 19.7. The maximum atomic E-state index is 13.5. The van der Waals surface area contributed by atoms with E-state index in [-0.39, 0.29) is 5.92 Å². The van der Waals surface area contributed by atoms with Gasteiger partial charge in [-0.1, -0.05) is 36.4 Å². The van der Waals surface area contributed by atoms with Crippen LogP contribution < -0.4 is 0 Å². The zero-order valence-electron chi connectivity index (χ0n) is 17.9. The zero-order valence-corrected chi connectivity index (χ0v) is 17.9. The van der Waals surface area contributed by atoms with Crippen molar-refractivity contribution in [1.82, 2.24) is 19.7 Å². The van der Waals surface area contributed by atoms with E-state index in [0.29, 0.717) is 18.0 Å². The highest BCUT2D eigenvalue weighted by atomic mass is 16.2. The van der Waals surface area contributed by atoms with Crippen LogP contribution in [0.4, 0.5) is 0 Å². The van der Waals surface area contributed by atoms with Gasteiger partial charge in [0.1, 0.15) is 0 Å². The summed E-state index contributed by atoms with van der Waals surface area (Å²) in [5.74, 6) is 0.543. The minimum absolute atomic E-state index is 0.155. The smallest absolute Gasteiger partial charge is 0.227 e. The number of benzene rings is 1. The molecule has 3 fully saturated rings. The molecule has 5 rings (SSSR count). The standard InChI is InChI=1S/C25H32N4O/c1-19-7-5-11-26-22(19)18-27-13-15-28(16-14-27)25(30)21-17-24(20-8-3-2-4-9-20)29-12-6-10-23(21)29/h2-5,7-9,11,21,23-24H,6,10,12-18H2,1H3/t21-,23+,24-/m1/s1. The summed E-state index contributed by atoms with van der Waals surface area (Å²) >= 11 is 0. The fourth-order valence-corrected chi connectivity index (χ4v) is 5.69. The summed E-state index contributed by atoms with van der Waals surface area (Å²) in [6.07, 6.45) is 5.23. The fraction of sp³-hybridized carbons (Fsp3) is 0.520. The van der Waals surface area contributed by atoms with Gasteiger partial charge in [0, 0.05) is 51.0 Å². The number of aromatic nitrogens is 1. The molecule has 5 heteroatoms. The number of carbonyl (C=O) groups excluding carboxylic acids is 1. The molecule has 5 nitrogen and oxygen atoms in total. The van der Waals surface area contributed by atoms with Crippen molar-refractivity contribution >= 4 is 5.91 Å². The van der Waals surface area contributed by atoms with Gasteiger partial charge in [-0.2, -0.15) is 0 Å². The number of amides is 1. The van der Waals surface area contributed by atoms with Gasteiger partial charge < -0.3 is 4.90 Å². The largest absolute Gasteiger partial charge is 0.340 e. The minimum Gasteiger partial charge on any atom is -0.340 e. The molecule has 0 radical (unpaired) electrons. The van der Waals surface area contributed by atoms with E-state index in [1.807, 2.05) is 12.3 Å². The number of piperazine rings is 1. The molecule has 3 aliphatic heterocycles. The van der Waals surface area contributed by atoms with Gasteiger partial charge in [-0.25, -0.2) is 0 Å². The molecule has 1 aromatic heterocycles. The molecule has 3 atom stereocenters. The van der Waals surface area contributed by atoms with E-state index in [1.54, 1.807) is 0 Å². The van der Waals surface area contributed by atoms with Crippen molar-refractivity contribution in [2.75, 3.05) is 32.7 Å². The van der Waals surface area contributed by atoms with Gasteiger partial charge in [0.15, 0.2) is 0 Å². The third-order valence-electron chi connectivity index (χ3n) is 7.36. The zero-order chi connectivity index (χ0) is 20.5. The SMILES string of the molecule is Cc1cccnc1CN1CCN(C(=O)[C@@H]2C[C@H](c3ccccc3)N3CCC[C@@H]23)CC1. The van der Waals surface area contributed by atoms with E-state index >= 15 is 0 Å². The summed E-state index contributed by atoms with van der Waals surface area (Å²) in [4.78, 5) is 25.2. The van der Waals surface area contributed by atoms with Crippen molar-refractivity contribution in [3.05, 3.63) is 65.5 Å². The van der Waals surface area contributed by atoms with Crippen molar-refractivity contribution < 1.29 is 4.79 Å². The molecule has 0 N–H and O–H groups in total. The second-order valence-corrected chi connectivity index (χ2v) is 9.08. The van der Waals surface area contributed by atoms with E-state index in [2.05, 4.69) is 63.0 Å². The molecule has 1 amide bonds. The molecule has 3 saturated heterocycles. The van der Waals surface area contributed by atoms with Crippen LogP contribution >= 0.6 is 0 Å². The van der Waals surface area contributed by atoms with Gasteiger partial charge in [0.25, 0.3) is 0 Å². The van der Waals surface area contributed by atoms with Crippen LogP contribution in [0.2, 0.25) is 0 Å². The van der Waals surface area contributed by atoms with Gasteiger partial charge in [-0.15, -0.1) is 0 Å². The van der Waals surface area contributed by atoms with Crippen LogP contribution in [0.1, 0.15) is 42.1 Å². The lowest BCUT2D eigenvalue weighted by Gasteiger charge is -2.36. The first-order chi connectivity index (χ1) is 14.7. The third-order valence-corrected chi connectivity index (χ3v) is 7.36. The maximum Gasteiger partial charge on any atom is 0.227 e. The lowest BCUT2D eigenvalue weighted by Crippen LogP contribution is -2.51. The van der Waals surface area contributed by atoms with E-state index in [9.17, 15) is 4.79 Å². The Hall–Kier alpha value is -2.24. The summed E-state index contributed by atoms with van der Waals surface area (Å²) in [6, 6.07) is 15.7. The van der Waals surface area contributed by atoms with Crippen LogP contribution in [0.15, 0.2) is 48.7 Å². The van der Waals surface area contributed by atoms with Gasteiger partial charge in [-0.3, -0.25) is 19.6 Å². The number of hydrogen-bond acceptors (Lipinski definition) is 4. The summed E-state index contributed by atoms with van der Waals surface area (Å²) < 4.78 is 0. The second-order valence-electron chi connectivity index (χ2n) is 9.08. The lowest BCUT2D eigenvalue weighted by atomic mass is 9.93. The Balaban J connectivity index is 1.22. The molecule has 0 saturated carbocycles. The number of carbonyl (C=O) groups is 1. The number of pyridine rings is 1. The lowest BCUT2D eigenvalue weighted by molar-refractivity contribution is -0.138. The summed E-state index contributed by atoms with van der Waals surface area (Å²) in [5.41, 5.74) is 3.77. The van der Waals surface area contributed by atoms with Crippen LogP contribution in [0, 0.1) is 12.8 Å².